The molecule has 1 aromatic heterocycles. The average molecular weight is 353 g/mol. The third kappa shape index (κ3) is 4.17. The van der Waals surface area contributed by atoms with Gasteiger partial charge in [-0.15, -0.1) is 0 Å². The van der Waals surface area contributed by atoms with Crippen molar-refractivity contribution in [2.24, 2.45) is 0 Å². The molecule has 3 aromatic rings. The number of imidazole rings is 1. The quantitative estimate of drug-likeness (QED) is 0.738. The minimum absolute atomic E-state index is 0.108. The van der Waals surface area contributed by atoms with E-state index < -0.39 is 0 Å². The van der Waals surface area contributed by atoms with Crippen molar-refractivity contribution < 1.29 is 4.79 Å². The topological polar surface area (TPSA) is 70.7 Å². The van der Waals surface area contributed by atoms with Gasteiger partial charge in [0.1, 0.15) is 5.82 Å². The number of benzene rings is 2. The molecule has 0 saturated heterocycles. The zero-order valence-corrected chi connectivity index (χ0v) is 14.3. The first-order valence-electron chi connectivity index (χ1n) is 7.99. The van der Waals surface area contributed by atoms with E-state index in [0.717, 1.165) is 16.6 Å². The summed E-state index contributed by atoms with van der Waals surface area (Å²) < 4.78 is 1.94. The summed E-state index contributed by atoms with van der Waals surface area (Å²) in [6, 6.07) is 17.2. The van der Waals surface area contributed by atoms with E-state index in [9.17, 15) is 4.79 Å². The molecule has 126 valence electrons. The molecule has 0 spiro atoms. The third-order valence-electron chi connectivity index (χ3n) is 3.90. The second kappa shape index (κ2) is 7.82. The van der Waals surface area contributed by atoms with Gasteiger partial charge in [-0.3, -0.25) is 4.79 Å². The Bertz CT molecular complexity index is 925. The number of hydrogen-bond donors (Lipinski definition) is 1. The molecular formula is C19H17ClN4O. The number of aryl methyl sites for hydroxylation is 1. The van der Waals surface area contributed by atoms with Crippen LogP contribution in [-0.4, -0.2) is 15.5 Å². The van der Waals surface area contributed by atoms with Crippen molar-refractivity contribution in [1.82, 2.24) is 14.9 Å². The van der Waals surface area contributed by atoms with Crippen LogP contribution in [0.5, 0.6) is 0 Å². The predicted octanol–water partition coefficient (Wildman–Crippen LogP) is 3.46. The molecule has 2 aromatic carbocycles. The molecule has 25 heavy (non-hydrogen) atoms. The van der Waals surface area contributed by atoms with Crippen LogP contribution in [0.15, 0.2) is 48.5 Å². The number of hydrogen-bond acceptors (Lipinski definition) is 3. The van der Waals surface area contributed by atoms with Crippen LogP contribution in [0.2, 0.25) is 5.02 Å². The molecule has 1 heterocycles. The molecule has 1 N–H and O–H groups in total. The Balaban J connectivity index is 1.71. The molecule has 0 unspecified atom stereocenters. The Morgan fingerprint density at radius 2 is 1.96 bits per heavy atom. The predicted molar refractivity (Wildman–Crippen MR) is 97.0 cm³/mol. The van der Waals surface area contributed by atoms with E-state index in [1.54, 1.807) is 12.1 Å². The summed E-state index contributed by atoms with van der Waals surface area (Å²) in [5, 5.41) is 12.4. The maximum Gasteiger partial charge on any atom is 0.227 e. The van der Waals surface area contributed by atoms with Gasteiger partial charge in [-0.05, 0) is 29.8 Å². The summed E-state index contributed by atoms with van der Waals surface area (Å²) in [7, 11) is 0. The van der Waals surface area contributed by atoms with E-state index in [2.05, 4.69) is 16.4 Å². The van der Waals surface area contributed by atoms with E-state index >= 15 is 0 Å². The van der Waals surface area contributed by atoms with Crippen LogP contribution >= 0.6 is 11.6 Å². The molecule has 0 atom stereocenters. The van der Waals surface area contributed by atoms with Crippen LogP contribution in [0.4, 0.5) is 0 Å². The lowest BCUT2D eigenvalue weighted by Gasteiger charge is -2.08. The summed E-state index contributed by atoms with van der Waals surface area (Å²) in [5.41, 5.74) is 2.76. The second-order valence-corrected chi connectivity index (χ2v) is 6.09. The van der Waals surface area contributed by atoms with E-state index in [1.165, 1.54) is 0 Å². The smallest absolute Gasteiger partial charge is 0.227 e. The molecular weight excluding hydrogens is 336 g/mol. The lowest BCUT2D eigenvalue weighted by atomic mass is 10.2. The second-order valence-electron chi connectivity index (χ2n) is 5.66. The third-order valence-corrected chi connectivity index (χ3v) is 4.15. The fraction of sp³-hybridized carbons (Fsp3) is 0.211. The van der Waals surface area contributed by atoms with Crippen LogP contribution in [0.25, 0.3) is 11.0 Å². The van der Waals surface area contributed by atoms with E-state index in [1.807, 2.05) is 41.0 Å². The van der Waals surface area contributed by atoms with Gasteiger partial charge >= 0.3 is 0 Å². The van der Waals surface area contributed by atoms with Gasteiger partial charge in [0.05, 0.1) is 29.9 Å². The molecule has 1 amide bonds. The minimum atomic E-state index is -0.108. The number of fused-ring (bicyclic) bond motifs is 1. The van der Waals surface area contributed by atoms with Crippen molar-refractivity contribution in [3.63, 3.8) is 0 Å². The van der Waals surface area contributed by atoms with E-state index in [-0.39, 0.29) is 12.3 Å². The molecule has 0 bridgehead atoms. The summed E-state index contributed by atoms with van der Waals surface area (Å²) in [6.07, 6.45) is 0.549. The number of halogens is 1. The van der Waals surface area contributed by atoms with Gasteiger partial charge in [-0.1, -0.05) is 35.9 Å². The highest BCUT2D eigenvalue weighted by Gasteiger charge is 2.13. The summed E-state index contributed by atoms with van der Waals surface area (Å²) >= 11 is 5.86. The zero-order valence-electron chi connectivity index (χ0n) is 13.6. The Labute approximate surface area is 150 Å². The number of amides is 1. The number of aromatic nitrogens is 2. The molecule has 0 saturated carbocycles. The Morgan fingerprint density at radius 1 is 1.20 bits per heavy atom. The van der Waals surface area contributed by atoms with Gasteiger partial charge in [-0.2, -0.15) is 5.26 Å². The molecule has 6 heteroatoms. The number of carbonyl (C=O) groups excluding carboxylic acids is 1. The molecule has 0 aliphatic rings. The number of carbonyl (C=O) groups is 1. The highest BCUT2D eigenvalue weighted by atomic mass is 35.5. The lowest BCUT2D eigenvalue weighted by molar-refractivity contribution is -0.120. The van der Waals surface area contributed by atoms with Gasteiger partial charge in [0.2, 0.25) is 5.91 Å². The number of nitrogens with one attached hydrogen (secondary N) is 1. The molecule has 3 rings (SSSR count). The first kappa shape index (κ1) is 17.0. The molecule has 5 nitrogen and oxygen atoms in total. The number of nitrogens with zero attached hydrogens (tertiary/aromatic N) is 3. The van der Waals surface area contributed by atoms with Gasteiger partial charge in [0, 0.05) is 18.1 Å². The first-order chi connectivity index (χ1) is 12.2. The lowest BCUT2D eigenvalue weighted by Crippen LogP contribution is -2.26. The molecule has 0 aliphatic heterocycles. The standard InChI is InChI=1S/C19H17ClN4O/c20-15-8-6-14(7-9-15)13-22-19(25)12-18-23-16-4-1-2-5-17(16)24(18)11-3-10-21/h1-2,4-9H,3,11-13H2,(H,22,25). The Hall–Kier alpha value is -2.84. The fourth-order valence-corrected chi connectivity index (χ4v) is 2.81. The highest BCUT2D eigenvalue weighted by molar-refractivity contribution is 6.30. The van der Waals surface area contributed by atoms with Crippen molar-refractivity contribution in [1.29, 1.82) is 5.26 Å². The van der Waals surface area contributed by atoms with Gasteiger partial charge in [0.25, 0.3) is 0 Å². The summed E-state index contributed by atoms with van der Waals surface area (Å²) in [5.74, 6) is 0.563. The van der Waals surface area contributed by atoms with Crippen molar-refractivity contribution in [2.75, 3.05) is 0 Å². The number of para-hydroxylation sites is 2. The maximum atomic E-state index is 12.3. The van der Waals surface area contributed by atoms with Crippen LogP contribution in [0.3, 0.4) is 0 Å². The van der Waals surface area contributed by atoms with E-state index in [0.29, 0.717) is 30.4 Å². The maximum absolute atomic E-state index is 12.3. The monoisotopic (exact) mass is 352 g/mol. The van der Waals surface area contributed by atoms with Crippen LogP contribution < -0.4 is 5.32 Å². The van der Waals surface area contributed by atoms with Gasteiger partial charge in [-0.25, -0.2) is 4.98 Å². The molecule has 0 aliphatic carbocycles. The molecule has 0 radical (unpaired) electrons. The Kier molecular flexibility index (Phi) is 5.32. The Morgan fingerprint density at radius 3 is 2.72 bits per heavy atom. The average Bonchev–Trinajstić information content (AvgIpc) is 2.96. The van der Waals surface area contributed by atoms with Crippen molar-refractivity contribution in [2.45, 2.75) is 25.9 Å². The van der Waals surface area contributed by atoms with Crippen molar-refractivity contribution in [3.05, 3.63) is 64.9 Å². The SMILES string of the molecule is N#CCCn1c(CC(=O)NCc2ccc(Cl)cc2)nc2ccccc21. The van der Waals surface area contributed by atoms with Crippen LogP contribution in [-0.2, 0) is 24.3 Å². The summed E-state index contributed by atoms with van der Waals surface area (Å²) in [6.45, 7) is 0.964. The number of rotatable bonds is 6. The summed E-state index contributed by atoms with van der Waals surface area (Å²) in [4.78, 5) is 16.8. The minimum Gasteiger partial charge on any atom is -0.352 e. The van der Waals surface area contributed by atoms with Crippen molar-refractivity contribution >= 4 is 28.5 Å². The fourth-order valence-electron chi connectivity index (χ4n) is 2.68. The van der Waals surface area contributed by atoms with Crippen LogP contribution in [0.1, 0.15) is 17.8 Å². The van der Waals surface area contributed by atoms with Gasteiger partial charge in [0.15, 0.2) is 0 Å². The van der Waals surface area contributed by atoms with Crippen molar-refractivity contribution in [3.8, 4) is 6.07 Å². The normalized spacial score (nSPS) is 10.6. The highest BCUT2D eigenvalue weighted by Crippen LogP contribution is 2.17. The largest absolute Gasteiger partial charge is 0.352 e. The van der Waals surface area contributed by atoms with Gasteiger partial charge < -0.3 is 9.88 Å². The first-order valence-corrected chi connectivity index (χ1v) is 8.37. The van der Waals surface area contributed by atoms with Crippen LogP contribution in [0, 0.1) is 11.3 Å². The van der Waals surface area contributed by atoms with E-state index in [4.69, 9.17) is 16.9 Å². The number of nitriles is 1. The molecule has 0 fully saturated rings. The zero-order chi connectivity index (χ0) is 17.6.